The van der Waals surface area contributed by atoms with Crippen molar-refractivity contribution >= 4 is 22.4 Å². The first-order chi connectivity index (χ1) is 12.6. The molecule has 126 valence electrons. The zero-order valence-electron chi connectivity index (χ0n) is 13.4. The van der Waals surface area contributed by atoms with Crippen LogP contribution in [0, 0.1) is 0 Å². The number of hydrogen-bond acceptors (Lipinski definition) is 3. The van der Waals surface area contributed by atoms with E-state index >= 15 is 0 Å². The van der Waals surface area contributed by atoms with Gasteiger partial charge in [-0.05, 0) is 30.3 Å². The lowest BCUT2D eigenvalue weighted by Gasteiger charge is -1.97. The van der Waals surface area contributed by atoms with Crippen molar-refractivity contribution in [3.8, 4) is 22.9 Å². The third-order valence-corrected chi connectivity index (χ3v) is 4.63. The van der Waals surface area contributed by atoms with Crippen LogP contribution in [0.5, 0.6) is 11.6 Å². The van der Waals surface area contributed by atoms with E-state index in [2.05, 4.69) is 15.0 Å². The fourth-order valence-corrected chi connectivity index (χ4v) is 3.43. The van der Waals surface area contributed by atoms with Gasteiger partial charge in [-0.2, -0.15) is 0 Å². The van der Waals surface area contributed by atoms with E-state index in [1.807, 2.05) is 18.2 Å². The molecule has 6 heteroatoms. The number of nitrogens with zero attached hydrogens (tertiary/aromatic N) is 1. The van der Waals surface area contributed by atoms with E-state index in [-0.39, 0.29) is 17.5 Å². The number of carbonyl (C=O) groups is 1. The molecule has 26 heavy (non-hydrogen) atoms. The molecule has 2 aromatic heterocycles. The summed E-state index contributed by atoms with van der Waals surface area (Å²) < 4.78 is 0. The van der Waals surface area contributed by atoms with Crippen LogP contribution in [0.2, 0.25) is 0 Å². The molecule has 0 bridgehead atoms. The van der Waals surface area contributed by atoms with Gasteiger partial charge in [-0.3, -0.25) is 4.79 Å². The van der Waals surface area contributed by atoms with Crippen LogP contribution in [-0.2, 0) is 4.79 Å². The van der Waals surface area contributed by atoms with Gasteiger partial charge in [0.05, 0.1) is 22.2 Å². The molecule has 0 radical (unpaired) electrons. The van der Waals surface area contributed by atoms with Gasteiger partial charge in [0, 0.05) is 27.9 Å². The molecule has 1 amide bonds. The number of benzene rings is 2. The third kappa shape index (κ3) is 1.99. The number of aromatic hydroxyl groups is 2. The highest BCUT2D eigenvalue weighted by Gasteiger charge is 2.23. The molecular weight excluding hydrogens is 332 g/mol. The van der Waals surface area contributed by atoms with Gasteiger partial charge < -0.3 is 20.2 Å². The van der Waals surface area contributed by atoms with E-state index in [0.717, 1.165) is 16.5 Å². The lowest BCUT2D eigenvalue weighted by atomic mass is 10.1. The molecule has 3 heterocycles. The minimum absolute atomic E-state index is 0.0928. The molecule has 0 fully saturated rings. The largest absolute Gasteiger partial charge is 0.508 e. The molecule has 1 aliphatic rings. The van der Waals surface area contributed by atoms with Crippen LogP contribution in [0.25, 0.3) is 27.7 Å². The minimum Gasteiger partial charge on any atom is -0.508 e. The van der Waals surface area contributed by atoms with E-state index in [1.54, 1.807) is 36.5 Å². The Kier molecular flexibility index (Phi) is 2.85. The quantitative estimate of drug-likeness (QED) is 0.446. The summed E-state index contributed by atoms with van der Waals surface area (Å²) in [7, 11) is 0. The molecule has 0 saturated heterocycles. The Balaban J connectivity index is 1.74. The number of fused-ring (bicyclic) bond motifs is 2. The van der Waals surface area contributed by atoms with Crippen molar-refractivity contribution < 1.29 is 15.0 Å². The molecule has 4 aromatic rings. The molecule has 2 aromatic carbocycles. The van der Waals surface area contributed by atoms with Crippen LogP contribution in [-0.4, -0.2) is 26.1 Å². The van der Waals surface area contributed by atoms with E-state index in [9.17, 15) is 15.0 Å². The number of nitrogens with one attached hydrogen (secondary N) is 2. The predicted molar refractivity (Wildman–Crippen MR) is 96.2 cm³/mol. The predicted octanol–water partition coefficient (Wildman–Crippen LogP) is 1.93. The summed E-state index contributed by atoms with van der Waals surface area (Å²) in [6, 6.07) is 14.0. The number of hydrogen-bond donors (Lipinski definition) is 4. The van der Waals surface area contributed by atoms with Crippen molar-refractivity contribution in [2.24, 2.45) is 4.99 Å². The van der Waals surface area contributed by atoms with E-state index < -0.39 is 0 Å². The lowest BCUT2D eigenvalue weighted by Crippen LogP contribution is -2.22. The second kappa shape index (κ2) is 5.10. The average molecular weight is 345 g/mol. The van der Waals surface area contributed by atoms with Crippen LogP contribution in [0.4, 0.5) is 0 Å². The van der Waals surface area contributed by atoms with Crippen LogP contribution in [0.15, 0.2) is 59.7 Å². The number of rotatable bonds is 2. The summed E-state index contributed by atoms with van der Waals surface area (Å²) in [4.78, 5) is 22.5. The van der Waals surface area contributed by atoms with E-state index in [1.165, 1.54) is 0 Å². The first kappa shape index (κ1) is 14.5. The maximum Gasteiger partial charge on any atom is 0.279 e. The van der Waals surface area contributed by atoms with Gasteiger partial charge in [0.2, 0.25) is 0 Å². The van der Waals surface area contributed by atoms with Crippen LogP contribution >= 0.6 is 0 Å². The highest BCUT2D eigenvalue weighted by atomic mass is 16.3. The number of aromatic nitrogens is 2. The van der Waals surface area contributed by atoms with Gasteiger partial charge in [-0.25, -0.2) is 4.99 Å². The molecule has 4 N–H and O–H groups in total. The van der Waals surface area contributed by atoms with Crippen molar-refractivity contribution in [3.05, 3.63) is 70.9 Å². The molecular formula is C20H13N3O3. The van der Waals surface area contributed by atoms with Gasteiger partial charge in [-0.15, -0.1) is 0 Å². The first-order valence-corrected chi connectivity index (χ1v) is 8.07. The van der Waals surface area contributed by atoms with Crippen molar-refractivity contribution in [2.45, 2.75) is 0 Å². The third-order valence-electron chi connectivity index (χ3n) is 4.63. The van der Waals surface area contributed by atoms with Crippen LogP contribution < -0.4 is 10.6 Å². The molecule has 1 aliphatic heterocycles. The second-order valence-electron chi connectivity index (χ2n) is 6.19. The van der Waals surface area contributed by atoms with Gasteiger partial charge in [0.25, 0.3) is 5.91 Å². The number of H-pyrrole nitrogens is 2. The molecule has 5 rings (SSSR count). The smallest absolute Gasteiger partial charge is 0.279 e. The molecule has 6 nitrogen and oxygen atoms in total. The van der Waals surface area contributed by atoms with Crippen LogP contribution in [0.3, 0.4) is 0 Å². The van der Waals surface area contributed by atoms with E-state index in [0.29, 0.717) is 27.4 Å². The maximum absolute atomic E-state index is 12.4. The van der Waals surface area contributed by atoms with E-state index in [4.69, 9.17) is 0 Å². The number of para-hydroxylation sites is 1. The summed E-state index contributed by atoms with van der Waals surface area (Å²) >= 11 is 0. The number of carbonyl (C=O) groups excluding carboxylic acids is 1. The molecule has 0 saturated carbocycles. The first-order valence-electron chi connectivity index (χ1n) is 8.07. The minimum atomic E-state index is -0.372. The summed E-state index contributed by atoms with van der Waals surface area (Å²) in [5.41, 5.74) is 3.07. The highest BCUT2D eigenvalue weighted by molar-refractivity contribution is 6.21. The summed E-state index contributed by atoms with van der Waals surface area (Å²) in [6.45, 7) is 0. The number of phenols is 1. The number of aromatic amines is 2. The Morgan fingerprint density at radius 3 is 2.69 bits per heavy atom. The highest BCUT2D eigenvalue weighted by Crippen LogP contribution is 2.35. The zero-order valence-corrected chi connectivity index (χ0v) is 13.4. The van der Waals surface area contributed by atoms with Crippen molar-refractivity contribution in [1.29, 1.82) is 0 Å². The Bertz CT molecular complexity index is 1330. The summed E-state index contributed by atoms with van der Waals surface area (Å²) in [5.74, 6) is -0.309. The number of amides is 1. The Morgan fingerprint density at radius 2 is 1.81 bits per heavy atom. The molecule has 0 aliphatic carbocycles. The second-order valence-corrected chi connectivity index (χ2v) is 6.19. The van der Waals surface area contributed by atoms with Crippen molar-refractivity contribution in [1.82, 2.24) is 9.97 Å². The number of phenolic OH excluding ortho intramolecular Hbond substituents is 1. The summed E-state index contributed by atoms with van der Waals surface area (Å²) in [5, 5.41) is 22.3. The zero-order chi connectivity index (χ0) is 17.8. The Labute approximate surface area is 146 Å². The van der Waals surface area contributed by atoms with Crippen LogP contribution in [0.1, 0.15) is 5.56 Å². The SMILES string of the molecule is O=C1N=c2ccc[13cH]c2=C1c1cc(-c2c[nH]c3ccc(O)[13cH]c23)[nH]c1O. The molecule has 0 spiro atoms. The van der Waals surface area contributed by atoms with Crippen molar-refractivity contribution in [3.63, 3.8) is 0 Å². The average Bonchev–Trinajstić information content (AvgIpc) is 3.28. The molecule has 0 unspecified atom stereocenters. The molecule has 0 atom stereocenters. The maximum atomic E-state index is 12.4. The van der Waals surface area contributed by atoms with Crippen molar-refractivity contribution in [2.75, 3.05) is 0 Å². The van der Waals surface area contributed by atoms with Gasteiger partial charge in [-0.1, -0.05) is 18.2 Å². The monoisotopic (exact) mass is 345 g/mol. The van der Waals surface area contributed by atoms with Gasteiger partial charge >= 0.3 is 0 Å². The van der Waals surface area contributed by atoms with Gasteiger partial charge in [0.15, 0.2) is 5.88 Å². The topological polar surface area (TPSA) is 101 Å². The standard InChI is InChI=1S/C20H13N3O3/c24-10-5-6-15-12(7-10)14(9-21-15)17-8-13(19(25)23-17)18-11-3-1-2-4-16(11)22-20(18)26/h1-9,21,23-25H/i3+1,7+1. The fourth-order valence-electron chi connectivity index (χ4n) is 3.43. The Morgan fingerprint density at radius 1 is 0.962 bits per heavy atom. The Hall–Kier alpha value is -3.80. The van der Waals surface area contributed by atoms with Gasteiger partial charge in [0.1, 0.15) is 5.75 Å². The fraction of sp³-hybridized carbons (Fsp3) is 0. The normalized spacial score (nSPS) is 13.2. The lowest BCUT2D eigenvalue weighted by molar-refractivity contribution is -0.112. The summed E-state index contributed by atoms with van der Waals surface area (Å²) in [6.07, 6.45) is 1.79.